The number of nitrogens with zero attached hydrogens (tertiary/aromatic N) is 4. The molecule has 5 nitrogen and oxygen atoms in total. The fourth-order valence-corrected chi connectivity index (χ4v) is 2.67. The molecule has 0 radical (unpaired) electrons. The van der Waals surface area contributed by atoms with Gasteiger partial charge in [-0.25, -0.2) is 9.67 Å². The van der Waals surface area contributed by atoms with Gasteiger partial charge in [0.05, 0.1) is 0 Å². The van der Waals surface area contributed by atoms with Crippen molar-refractivity contribution in [1.82, 2.24) is 19.3 Å². The van der Waals surface area contributed by atoms with E-state index >= 15 is 0 Å². The molecule has 4 rings (SSSR count). The number of hydrogen-bond acceptors (Lipinski definition) is 3. The van der Waals surface area contributed by atoms with Crippen LogP contribution >= 0.6 is 0 Å². The van der Waals surface area contributed by atoms with Crippen LogP contribution in [-0.4, -0.2) is 25.1 Å². The summed E-state index contributed by atoms with van der Waals surface area (Å²) in [5.74, 6) is 0.678. The van der Waals surface area contributed by atoms with Crippen LogP contribution in [0.5, 0.6) is 0 Å². The van der Waals surface area contributed by atoms with Crippen LogP contribution in [0.3, 0.4) is 0 Å². The largest absolute Gasteiger partial charge is 0.324 e. The van der Waals surface area contributed by atoms with E-state index in [2.05, 4.69) is 10.1 Å². The molecule has 0 saturated carbocycles. The predicted octanol–water partition coefficient (Wildman–Crippen LogP) is 3.48. The number of carbonyl (C=O) groups excluding carboxylic acids is 1. The van der Waals surface area contributed by atoms with Gasteiger partial charge in [0.15, 0.2) is 11.6 Å². The second-order valence-electron chi connectivity index (χ2n) is 5.70. The predicted molar refractivity (Wildman–Crippen MR) is 95.2 cm³/mol. The van der Waals surface area contributed by atoms with Gasteiger partial charge in [-0.05, 0) is 42.0 Å². The van der Waals surface area contributed by atoms with Crippen LogP contribution in [0.2, 0.25) is 0 Å². The lowest BCUT2D eigenvalue weighted by atomic mass is 10.1. The van der Waals surface area contributed by atoms with Crippen molar-refractivity contribution >= 4 is 5.78 Å². The Morgan fingerprint density at radius 2 is 1.76 bits per heavy atom. The van der Waals surface area contributed by atoms with E-state index < -0.39 is 0 Å². The summed E-state index contributed by atoms with van der Waals surface area (Å²) in [6, 6.07) is 19.3. The fraction of sp³-hybridized carbons (Fsp3) is 0.0500. The molecule has 0 unspecified atom stereocenters. The topological polar surface area (TPSA) is 52.7 Å². The number of carbonyl (C=O) groups is 1. The Balaban J connectivity index is 1.50. The first-order valence-corrected chi connectivity index (χ1v) is 8.02. The first-order valence-electron chi connectivity index (χ1n) is 8.02. The van der Waals surface area contributed by atoms with Crippen LogP contribution in [0, 0.1) is 0 Å². The molecule has 0 bridgehead atoms. The highest BCUT2D eigenvalue weighted by molar-refractivity contribution is 5.95. The first kappa shape index (κ1) is 15.1. The number of aromatic nitrogens is 4. The van der Waals surface area contributed by atoms with Gasteiger partial charge < -0.3 is 4.57 Å². The van der Waals surface area contributed by atoms with Crippen LogP contribution in [-0.2, 0) is 6.42 Å². The third-order valence-corrected chi connectivity index (χ3v) is 3.93. The molecule has 0 saturated heterocycles. The minimum Gasteiger partial charge on any atom is -0.324 e. The van der Waals surface area contributed by atoms with Crippen molar-refractivity contribution in [2.75, 3.05) is 0 Å². The zero-order valence-corrected chi connectivity index (χ0v) is 13.5. The summed E-state index contributed by atoms with van der Waals surface area (Å²) in [5.41, 5.74) is 2.47. The average Bonchev–Trinajstić information content (AvgIpc) is 3.33. The van der Waals surface area contributed by atoms with Gasteiger partial charge in [-0.3, -0.25) is 4.79 Å². The summed E-state index contributed by atoms with van der Waals surface area (Å²) in [6.07, 6.45) is 7.71. The Hall–Kier alpha value is -3.47. The Morgan fingerprint density at radius 3 is 2.56 bits per heavy atom. The summed E-state index contributed by atoms with van der Waals surface area (Å²) in [5, 5.41) is 4.34. The van der Waals surface area contributed by atoms with E-state index in [0.717, 1.165) is 11.3 Å². The standard InChI is InChI=1S/C20H16N4O/c25-19(18-10-13-24(22-18)20-8-4-5-11-21-20)14-16-9-12-23(15-16)17-6-2-1-3-7-17/h1-13,15H,14H2. The van der Waals surface area contributed by atoms with Crippen molar-refractivity contribution in [3.63, 3.8) is 0 Å². The average molecular weight is 328 g/mol. The number of pyridine rings is 1. The number of rotatable bonds is 5. The summed E-state index contributed by atoms with van der Waals surface area (Å²) in [6.45, 7) is 0. The molecule has 0 aliphatic rings. The van der Waals surface area contributed by atoms with E-state index in [9.17, 15) is 4.79 Å². The fourth-order valence-electron chi connectivity index (χ4n) is 2.67. The molecular weight excluding hydrogens is 312 g/mol. The summed E-state index contributed by atoms with van der Waals surface area (Å²) in [7, 11) is 0. The maximum atomic E-state index is 12.5. The highest BCUT2D eigenvalue weighted by Gasteiger charge is 2.12. The molecule has 0 spiro atoms. The molecule has 0 fully saturated rings. The molecule has 0 N–H and O–H groups in total. The van der Waals surface area contributed by atoms with E-state index in [1.54, 1.807) is 23.1 Å². The molecule has 4 aromatic rings. The van der Waals surface area contributed by atoms with Crippen LogP contribution in [0.15, 0.2) is 85.5 Å². The molecule has 25 heavy (non-hydrogen) atoms. The van der Waals surface area contributed by atoms with Gasteiger partial charge in [0.2, 0.25) is 0 Å². The van der Waals surface area contributed by atoms with Crippen molar-refractivity contribution in [2.45, 2.75) is 6.42 Å². The number of hydrogen-bond donors (Lipinski definition) is 0. The van der Waals surface area contributed by atoms with Crippen molar-refractivity contribution in [3.05, 3.63) is 96.7 Å². The lowest BCUT2D eigenvalue weighted by Crippen LogP contribution is -2.06. The van der Waals surface area contributed by atoms with Crippen molar-refractivity contribution < 1.29 is 4.79 Å². The van der Waals surface area contributed by atoms with Crippen LogP contribution < -0.4 is 0 Å². The second-order valence-corrected chi connectivity index (χ2v) is 5.70. The Morgan fingerprint density at radius 1 is 0.920 bits per heavy atom. The lowest BCUT2D eigenvalue weighted by molar-refractivity contribution is 0.0988. The van der Waals surface area contributed by atoms with Gasteiger partial charge in [0, 0.05) is 36.9 Å². The summed E-state index contributed by atoms with van der Waals surface area (Å²) >= 11 is 0. The molecule has 3 heterocycles. The maximum absolute atomic E-state index is 12.5. The number of benzene rings is 1. The highest BCUT2D eigenvalue weighted by atomic mass is 16.1. The van der Waals surface area contributed by atoms with Gasteiger partial charge in [-0.15, -0.1) is 0 Å². The highest BCUT2D eigenvalue weighted by Crippen LogP contribution is 2.13. The molecule has 122 valence electrons. The zero-order chi connectivity index (χ0) is 17.1. The number of para-hydroxylation sites is 1. The van der Waals surface area contributed by atoms with E-state index in [0.29, 0.717) is 17.9 Å². The molecular formula is C20H16N4O. The minimum atomic E-state index is -0.0134. The molecule has 0 aliphatic heterocycles. The molecule has 1 aromatic carbocycles. The summed E-state index contributed by atoms with van der Waals surface area (Å²) < 4.78 is 3.62. The van der Waals surface area contributed by atoms with Crippen LogP contribution in [0.25, 0.3) is 11.5 Å². The van der Waals surface area contributed by atoms with Crippen molar-refractivity contribution in [3.8, 4) is 11.5 Å². The number of Topliss-reactive ketones (excluding diaryl/α,β-unsaturated/α-hetero) is 1. The number of ketones is 1. The maximum Gasteiger partial charge on any atom is 0.187 e. The van der Waals surface area contributed by atoms with Gasteiger partial charge >= 0.3 is 0 Å². The normalized spacial score (nSPS) is 10.7. The van der Waals surface area contributed by atoms with Gasteiger partial charge in [0.25, 0.3) is 0 Å². The Bertz CT molecular complexity index is 987. The third kappa shape index (κ3) is 3.26. The third-order valence-electron chi connectivity index (χ3n) is 3.93. The van der Waals surface area contributed by atoms with E-state index in [1.165, 1.54) is 0 Å². The molecule has 0 amide bonds. The van der Waals surface area contributed by atoms with E-state index in [4.69, 9.17) is 0 Å². The van der Waals surface area contributed by atoms with Crippen molar-refractivity contribution in [1.29, 1.82) is 0 Å². The minimum absolute atomic E-state index is 0.0134. The van der Waals surface area contributed by atoms with Crippen LogP contribution in [0.4, 0.5) is 0 Å². The molecule has 3 aromatic heterocycles. The zero-order valence-electron chi connectivity index (χ0n) is 13.5. The van der Waals surface area contributed by atoms with E-state index in [1.807, 2.05) is 71.6 Å². The van der Waals surface area contributed by atoms with Gasteiger partial charge in [0.1, 0.15) is 5.69 Å². The van der Waals surface area contributed by atoms with Crippen LogP contribution in [0.1, 0.15) is 16.1 Å². The van der Waals surface area contributed by atoms with Gasteiger partial charge in [-0.1, -0.05) is 24.3 Å². The van der Waals surface area contributed by atoms with Gasteiger partial charge in [-0.2, -0.15) is 5.10 Å². The Kier molecular flexibility index (Phi) is 3.96. The molecule has 5 heteroatoms. The molecule has 0 atom stereocenters. The quantitative estimate of drug-likeness (QED) is 0.527. The molecule has 0 aliphatic carbocycles. The monoisotopic (exact) mass is 328 g/mol. The lowest BCUT2D eigenvalue weighted by Gasteiger charge is -2.01. The van der Waals surface area contributed by atoms with Crippen molar-refractivity contribution in [2.24, 2.45) is 0 Å². The first-order chi connectivity index (χ1) is 12.3. The summed E-state index contributed by atoms with van der Waals surface area (Å²) in [4.78, 5) is 16.7. The SMILES string of the molecule is O=C(Cc1ccn(-c2ccccc2)c1)c1ccn(-c2ccccn2)n1. The smallest absolute Gasteiger partial charge is 0.187 e. The van der Waals surface area contributed by atoms with E-state index in [-0.39, 0.29) is 5.78 Å². The second kappa shape index (κ2) is 6.57. The Labute approximate surface area is 145 Å².